The molecule has 4 nitrogen and oxygen atoms in total. The molecule has 0 aliphatic rings. The first-order chi connectivity index (χ1) is 24.3. The van der Waals surface area contributed by atoms with E-state index in [1.165, 1.54) is 5.56 Å². The van der Waals surface area contributed by atoms with Crippen molar-refractivity contribution in [3.8, 4) is 62.1 Å². The molecule has 0 aliphatic heterocycles. The Bertz CT molecular complexity index is 2570. The van der Waals surface area contributed by atoms with Crippen LogP contribution in [0.3, 0.4) is 0 Å². The topological polar surface area (TPSA) is 43.6 Å². The molecule has 0 fully saturated rings. The van der Waals surface area contributed by atoms with Gasteiger partial charge in [0.1, 0.15) is 0 Å². The van der Waals surface area contributed by atoms with Crippen molar-refractivity contribution >= 4 is 21.8 Å². The van der Waals surface area contributed by atoms with Crippen LogP contribution in [0.5, 0.6) is 0 Å². The molecule has 0 unspecified atom stereocenters. The van der Waals surface area contributed by atoms with Crippen LogP contribution < -0.4 is 0 Å². The Balaban J connectivity index is 1.30. The molecule has 9 aromatic rings. The average Bonchev–Trinajstić information content (AvgIpc) is 3.54. The van der Waals surface area contributed by atoms with Gasteiger partial charge in [0.25, 0.3) is 0 Å². The molecule has 9 rings (SSSR count). The fourth-order valence-electron chi connectivity index (χ4n) is 6.71. The predicted octanol–water partition coefficient (Wildman–Crippen LogP) is 11.3. The van der Waals surface area contributed by atoms with E-state index in [0.29, 0.717) is 17.6 Å². The van der Waals surface area contributed by atoms with Crippen molar-refractivity contribution in [1.82, 2.24) is 19.5 Å². The molecular formula is C45H30N4. The van der Waals surface area contributed by atoms with Gasteiger partial charge in [-0.1, -0.05) is 170 Å². The monoisotopic (exact) mass is 626 g/mol. The van der Waals surface area contributed by atoms with Crippen molar-refractivity contribution in [2.24, 2.45) is 0 Å². The van der Waals surface area contributed by atoms with Gasteiger partial charge >= 0.3 is 0 Å². The van der Waals surface area contributed by atoms with Crippen molar-refractivity contribution in [3.63, 3.8) is 0 Å². The second kappa shape index (κ2) is 12.2. The number of para-hydroxylation sites is 2. The summed E-state index contributed by atoms with van der Waals surface area (Å²) in [5.41, 5.74) is 10.8. The van der Waals surface area contributed by atoms with E-state index in [9.17, 15) is 0 Å². The van der Waals surface area contributed by atoms with Gasteiger partial charge < -0.3 is 0 Å². The lowest BCUT2D eigenvalue weighted by Crippen LogP contribution is -2.07. The smallest absolute Gasteiger partial charge is 0.238 e. The Labute approximate surface area is 284 Å². The van der Waals surface area contributed by atoms with Crippen LogP contribution in [0.4, 0.5) is 0 Å². The zero-order chi connectivity index (χ0) is 32.6. The largest absolute Gasteiger partial charge is 0.277 e. The summed E-state index contributed by atoms with van der Waals surface area (Å²) in [4.78, 5) is 15.6. The summed E-state index contributed by atoms with van der Waals surface area (Å²) in [6.45, 7) is 0. The first-order valence-electron chi connectivity index (χ1n) is 16.5. The molecule has 0 saturated heterocycles. The third-order valence-corrected chi connectivity index (χ3v) is 9.08. The zero-order valence-electron chi connectivity index (χ0n) is 26.6. The SMILES string of the molecule is c1ccc(-c2ccc(-c3nc(-c4cccc(-c5ccccc5)c4)nc(-n4c5ccccc5c5cccc(-c6ccccc6)c54)n3)cc2)cc1. The minimum Gasteiger partial charge on any atom is -0.277 e. The van der Waals surface area contributed by atoms with Crippen molar-refractivity contribution in [3.05, 3.63) is 182 Å². The van der Waals surface area contributed by atoms with E-state index in [1.54, 1.807) is 0 Å². The zero-order valence-corrected chi connectivity index (χ0v) is 26.6. The van der Waals surface area contributed by atoms with Crippen LogP contribution in [0.15, 0.2) is 182 Å². The van der Waals surface area contributed by atoms with E-state index in [-0.39, 0.29) is 0 Å². The highest BCUT2D eigenvalue weighted by Crippen LogP contribution is 2.38. The summed E-state index contributed by atoms with van der Waals surface area (Å²) >= 11 is 0. The molecule has 230 valence electrons. The van der Waals surface area contributed by atoms with E-state index in [4.69, 9.17) is 15.0 Å². The molecule has 0 aliphatic carbocycles. The molecule has 2 heterocycles. The molecular weight excluding hydrogens is 597 g/mol. The summed E-state index contributed by atoms with van der Waals surface area (Å²) in [5.74, 6) is 1.81. The highest BCUT2D eigenvalue weighted by atomic mass is 15.2. The summed E-state index contributed by atoms with van der Waals surface area (Å²) in [6.07, 6.45) is 0. The fourth-order valence-corrected chi connectivity index (χ4v) is 6.71. The molecule has 0 amide bonds. The van der Waals surface area contributed by atoms with Crippen LogP contribution in [0, 0.1) is 0 Å². The van der Waals surface area contributed by atoms with E-state index >= 15 is 0 Å². The maximum Gasteiger partial charge on any atom is 0.238 e. The molecule has 49 heavy (non-hydrogen) atoms. The fraction of sp³-hybridized carbons (Fsp3) is 0. The number of hydrogen-bond donors (Lipinski definition) is 0. The lowest BCUT2D eigenvalue weighted by molar-refractivity contribution is 0.954. The van der Waals surface area contributed by atoms with Crippen molar-refractivity contribution < 1.29 is 0 Å². The molecule has 0 bridgehead atoms. The van der Waals surface area contributed by atoms with Gasteiger partial charge in [-0.15, -0.1) is 0 Å². The summed E-state index contributed by atoms with van der Waals surface area (Å²) in [6, 6.07) is 63.3. The third-order valence-electron chi connectivity index (χ3n) is 9.08. The molecule has 0 radical (unpaired) electrons. The summed E-state index contributed by atoms with van der Waals surface area (Å²) in [5, 5.41) is 2.30. The Kier molecular flexibility index (Phi) is 7.10. The minimum absolute atomic E-state index is 0.576. The first-order valence-corrected chi connectivity index (χ1v) is 16.5. The number of fused-ring (bicyclic) bond motifs is 3. The Morgan fingerprint density at radius 3 is 1.53 bits per heavy atom. The molecule has 0 saturated carbocycles. The quantitative estimate of drug-likeness (QED) is 0.184. The Morgan fingerprint density at radius 1 is 0.327 bits per heavy atom. The van der Waals surface area contributed by atoms with Crippen molar-refractivity contribution in [2.75, 3.05) is 0 Å². The van der Waals surface area contributed by atoms with Crippen LogP contribution in [0.25, 0.3) is 83.9 Å². The van der Waals surface area contributed by atoms with Gasteiger partial charge in [0, 0.05) is 27.5 Å². The highest BCUT2D eigenvalue weighted by molar-refractivity contribution is 6.13. The van der Waals surface area contributed by atoms with Gasteiger partial charge in [-0.3, -0.25) is 4.57 Å². The molecule has 0 N–H and O–H groups in total. The molecule has 7 aromatic carbocycles. The standard InChI is InChI=1S/C45H30N4/c1-4-14-31(15-5-1)33-26-28-35(29-27-33)43-46-44(37-21-12-20-36(30-37)32-16-6-2-7-17-32)48-45(47-43)49-41-25-11-10-22-39(41)40-24-13-23-38(42(40)49)34-18-8-3-9-19-34/h1-30H. The van der Waals surface area contributed by atoms with Crippen LogP contribution in [0.1, 0.15) is 0 Å². The van der Waals surface area contributed by atoms with Gasteiger partial charge in [-0.05, 0) is 39.9 Å². The van der Waals surface area contributed by atoms with E-state index in [1.807, 2.05) is 12.1 Å². The summed E-state index contributed by atoms with van der Waals surface area (Å²) in [7, 11) is 0. The second-order valence-corrected chi connectivity index (χ2v) is 12.1. The van der Waals surface area contributed by atoms with Crippen molar-refractivity contribution in [2.45, 2.75) is 0 Å². The van der Waals surface area contributed by atoms with E-state index in [2.05, 4.69) is 174 Å². The van der Waals surface area contributed by atoms with Gasteiger partial charge in [0.05, 0.1) is 11.0 Å². The maximum atomic E-state index is 5.25. The normalized spacial score (nSPS) is 11.3. The molecule has 2 aromatic heterocycles. The van der Waals surface area contributed by atoms with Gasteiger partial charge in [-0.25, -0.2) is 4.98 Å². The highest BCUT2D eigenvalue weighted by Gasteiger charge is 2.20. The van der Waals surface area contributed by atoms with Gasteiger partial charge in [0.2, 0.25) is 5.95 Å². The average molecular weight is 627 g/mol. The number of nitrogens with zero attached hydrogens (tertiary/aromatic N) is 4. The first kappa shape index (κ1) is 28.6. The minimum atomic E-state index is 0.576. The van der Waals surface area contributed by atoms with Crippen LogP contribution in [-0.2, 0) is 0 Å². The predicted molar refractivity (Wildman–Crippen MR) is 201 cm³/mol. The van der Waals surface area contributed by atoms with Crippen LogP contribution in [-0.4, -0.2) is 19.5 Å². The maximum absolute atomic E-state index is 5.25. The molecule has 0 spiro atoms. The van der Waals surface area contributed by atoms with Gasteiger partial charge in [0.15, 0.2) is 11.6 Å². The third kappa shape index (κ3) is 5.26. The van der Waals surface area contributed by atoms with Crippen molar-refractivity contribution in [1.29, 1.82) is 0 Å². The molecule has 0 atom stereocenters. The second-order valence-electron chi connectivity index (χ2n) is 12.1. The lowest BCUT2D eigenvalue weighted by Gasteiger charge is -2.13. The Hall–Kier alpha value is -6.65. The van der Waals surface area contributed by atoms with E-state index < -0.39 is 0 Å². The molecule has 4 heteroatoms. The Morgan fingerprint density at radius 2 is 0.816 bits per heavy atom. The number of aromatic nitrogens is 4. The van der Waals surface area contributed by atoms with Crippen LogP contribution >= 0.6 is 0 Å². The number of benzene rings is 7. The van der Waals surface area contributed by atoms with Crippen LogP contribution in [0.2, 0.25) is 0 Å². The summed E-state index contributed by atoms with van der Waals surface area (Å²) < 4.78 is 2.21. The van der Waals surface area contributed by atoms with E-state index in [0.717, 1.165) is 60.8 Å². The lowest BCUT2D eigenvalue weighted by atomic mass is 10.0. The number of hydrogen-bond acceptors (Lipinski definition) is 3. The number of rotatable bonds is 6. The van der Waals surface area contributed by atoms with Gasteiger partial charge in [-0.2, -0.15) is 9.97 Å².